The van der Waals surface area contributed by atoms with Gasteiger partial charge in [0.1, 0.15) is 11.4 Å². The maximum Gasteiger partial charge on any atom is 0.419 e. The van der Waals surface area contributed by atoms with Crippen LogP contribution < -0.4 is 0 Å². The van der Waals surface area contributed by atoms with E-state index in [2.05, 4.69) is 27.8 Å². The summed E-state index contributed by atoms with van der Waals surface area (Å²) < 4.78 is 14.9. The van der Waals surface area contributed by atoms with E-state index in [0.29, 0.717) is 44.2 Å². The summed E-state index contributed by atoms with van der Waals surface area (Å²) in [4.78, 5) is 30.8. The van der Waals surface area contributed by atoms with E-state index in [9.17, 15) is 14.7 Å². The zero-order valence-electron chi connectivity index (χ0n) is 23.3. The van der Waals surface area contributed by atoms with Crippen molar-refractivity contribution in [2.75, 3.05) is 7.11 Å². The van der Waals surface area contributed by atoms with Crippen LogP contribution in [0.5, 0.6) is 0 Å². The summed E-state index contributed by atoms with van der Waals surface area (Å²) in [5.74, 6) is 0.298. The Morgan fingerprint density at radius 2 is 1.88 bits per heavy atom. The van der Waals surface area contributed by atoms with Gasteiger partial charge in [0.2, 0.25) is 0 Å². The molecular formula is C30H33BrClN3O5. The van der Waals surface area contributed by atoms with Crippen molar-refractivity contribution in [1.29, 1.82) is 0 Å². The SMILES string of the molecule is CCCCc1nc(Cl)c(CO)n1Cc1ccc2c(c1)c(Br)c(-c1ccccc1C(=O)OC)n2C(=O)OC(C)(C)C. The Morgan fingerprint density at radius 1 is 1.15 bits per heavy atom. The summed E-state index contributed by atoms with van der Waals surface area (Å²) in [5.41, 5.74) is 2.67. The summed E-state index contributed by atoms with van der Waals surface area (Å²) in [7, 11) is 1.32. The first-order valence-corrected chi connectivity index (χ1v) is 14.3. The minimum atomic E-state index is -0.741. The van der Waals surface area contributed by atoms with Gasteiger partial charge in [-0.1, -0.05) is 49.2 Å². The van der Waals surface area contributed by atoms with E-state index in [1.54, 1.807) is 45.0 Å². The summed E-state index contributed by atoms with van der Waals surface area (Å²) in [6.45, 7) is 7.72. The van der Waals surface area contributed by atoms with Crippen LogP contribution in [-0.2, 0) is 29.0 Å². The predicted octanol–water partition coefficient (Wildman–Crippen LogP) is 7.37. The fourth-order valence-electron chi connectivity index (χ4n) is 4.66. The molecule has 0 unspecified atom stereocenters. The minimum absolute atomic E-state index is 0.229. The highest BCUT2D eigenvalue weighted by atomic mass is 79.9. The van der Waals surface area contributed by atoms with Crippen molar-refractivity contribution in [2.24, 2.45) is 0 Å². The third-order valence-corrected chi connectivity index (χ3v) is 7.59. The Hall–Kier alpha value is -3.14. The summed E-state index contributed by atoms with van der Waals surface area (Å²) in [5, 5.41) is 11.1. The van der Waals surface area contributed by atoms with Crippen LogP contribution in [0.2, 0.25) is 5.15 Å². The standard InChI is InChI=1S/C30H33BrClN3O5/c1-6-7-12-24-33-27(32)23(17-36)34(24)16-18-13-14-22-21(15-18)25(31)26(35(22)29(38)40-30(2,3)4)19-10-8-9-11-20(19)28(37)39-5/h8-11,13-15,36H,6-7,12,16-17H2,1-5H3. The van der Waals surface area contributed by atoms with Crippen LogP contribution in [-0.4, -0.2) is 44.0 Å². The Balaban J connectivity index is 1.92. The topological polar surface area (TPSA) is 95.6 Å². The molecule has 0 bridgehead atoms. The van der Waals surface area contributed by atoms with Gasteiger partial charge in [-0.05, 0) is 66.9 Å². The molecular weight excluding hydrogens is 598 g/mol. The number of aryl methyl sites for hydroxylation is 1. The highest BCUT2D eigenvalue weighted by molar-refractivity contribution is 9.10. The van der Waals surface area contributed by atoms with E-state index >= 15 is 0 Å². The number of methoxy groups -OCH3 is 1. The van der Waals surface area contributed by atoms with E-state index in [1.807, 2.05) is 22.8 Å². The summed E-state index contributed by atoms with van der Waals surface area (Å²) in [6.07, 6.45) is 2.12. The molecule has 0 radical (unpaired) electrons. The number of aliphatic hydroxyl groups excluding tert-OH is 1. The van der Waals surface area contributed by atoms with E-state index in [-0.39, 0.29) is 6.61 Å². The largest absolute Gasteiger partial charge is 0.465 e. The number of halogens is 2. The van der Waals surface area contributed by atoms with Crippen molar-refractivity contribution in [1.82, 2.24) is 14.1 Å². The average molecular weight is 631 g/mol. The van der Waals surface area contributed by atoms with E-state index in [4.69, 9.17) is 21.1 Å². The lowest BCUT2D eigenvalue weighted by Crippen LogP contribution is -2.27. The first-order valence-electron chi connectivity index (χ1n) is 13.1. The van der Waals surface area contributed by atoms with Crippen LogP contribution >= 0.6 is 27.5 Å². The maximum absolute atomic E-state index is 13.6. The third kappa shape index (κ3) is 5.96. The number of carbonyl (C=O) groups excluding carboxylic acids is 2. The van der Waals surface area contributed by atoms with Crippen LogP contribution in [0.4, 0.5) is 4.79 Å². The van der Waals surface area contributed by atoms with Gasteiger partial charge < -0.3 is 19.1 Å². The van der Waals surface area contributed by atoms with Crippen molar-refractivity contribution < 1.29 is 24.2 Å². The van der Waals surface area contributed by atoms with Gasteiger partial charge in [0, 0.05) is 23.9 Å². The van der Waals surface area contributed by atoms with Crippen LogP contribution in [0.15, 0.2) is 46.9 Å². The van der Waals surface area contributed by atoms with Crippen molar-refractivity contribution in [3.8, 4) is 11.3 Å². The molecule has 10 heteroatoms. The summed E-state index contributed by atoms with van der Waals surface area (Å²) >= 11 is 10.1. The zero-order chi connectivity index (χ0) is 29.2. The Bertz CT molecular complexity index is 1570. The molecule has 0 spiro atoms. The molecule has 0 aliphatic carbocycles. The van der Waals surface area contributed by atoms with Crippen LogP contribution in [0.25, 0.3) is 22.2 Å². The molecule has 2 aromatic heterocycles. The van der Waals surface area contributed by atoms with Crippen LogP contribution in [0.1, 0.15) is 68.0 Å². The first kappa shape index (κ1) is 29.8. The highest BCUT2D eigenvalue weighted by Gasteiger charge is 2.28. The maximum atomic E-state index is 13.6. The Labute approximate surface area is 247 Å². The molecule has 0 atom stereocenters. The molecule has 1 N–H and O–H groups in total. The number of esters is 1. The molecule has 4 aromatic rings. The average Bonchev–Trinajstić information content (AvgIpc) is 3.38. The van der Waals surface area contributed by atoms with Gasteiger partial charge in [0.25, 0.3) is 0 Å². The number of imidazole rings is 1. The van der Waals surface area contributed by atoms with E-state index in [1.165, 1.54) is 11.7 Å². The highest BCUT2D eigenvalue weighted by Crippen LogP contribution is 2.40. The van der Waals surface area contributed by atoms with Crippen LogP contribution in [0, 0.1) is 0 Å². The molecule has 0 saturated heterocycles. The second kappa shape index (κ2) is 12.2. The molecule has 0 saturated carbocycles. The van der Waals surface area contributed by atoms with Gasteiger partial charge >= 0.3 is 12.1 Å². The number of hydrogen-bond donors (Lipinski definition) is 1. The number of carbonyl (C=O) groups is 2. The van der Waals surface area contributed by atoms with E-state index in [0.717, 1.165) is 36.0 Å². The fraction of sp³-hybridized carbons (Fsp3) is 0.367. The van der Waals surface area contributed by atoms with Gasteiger partial charge in [-0.25, -0.2) is 19.1 Å². The molecule has 2 heterocycles. The number of rotatable bonds is 8. The number of hydrogen-bond acceptors (Lipinski definition) is 6. The second-order valence-electron chi connectivity index (χ2n) is 10.5. The molecule has 212 valence electrons. The van der Waals surface area contributed by atoms with Crippen molar-refractivity contribution in [3.63, 3.8) is 0 Å². The molecule has 0 aliphatic rings. The number of aliphatic hydroxyl groups is 1. The second-order valence-corrected chi connectivity index (χ2v) is 11.6. The first-order chi connectivity index (χ1) is 19.0. The fourth-order valence-corrected chi connectivity index (χ4v) is 5.63. The number of aromatic nitrogens is 3. The molecule has 8 nitrogen and oxygen atoms in total. The van der Waals surface area contributed by atoms with Gasteiger partial charge in [0.15, 0.2) is 5.15 Å². The third-order valence-electron chi connectivity index (χ3n) is 6.48. The lowest BCUT2D eigenvalue weighted by molar-refractivity contribution is 0.0543. The summed E-state index contributed by atoms with van der Waals surface area (Å²) in [6, 6.07) is 12.7. The molecule has 0 aliphatic heterocycles. The van der Waals surface area contributed by atoms with Gasteiger partial charge in [0.05, 0.1) is 40.7 Å². The molecule has 0 fully saturated rings. The molecule has 40 heavy (non-hydrogen) atoms. The van der Waals surface area contributed by atoms with Gasteiger partial charge in [-0.2, -0.15) is 0 Å². The quantitative estimate of drug-likeness (QED) is 0.204. The molecule has 0 amide bonds. The Morgan fingerprint density at radius 3 is 2.52 bits per heavy atom. The number of benzene rings is 2. The van der Waals surface area contributed by atoms with Gasteiger partial charge in [-0.15, -0.1) is 0 Å². The number of fused-ring (bicyclic) bond motifs is 1. The molecule has 2 aromatic carbocycles. The van der Waals surface area contributed by atoms with Crippen molar-refractivity contribution in [3.05, 3.63) is 74.7 Å². The number of nitrogens with zero attached hydrogens (tertiary/aromatic N) is 3. The Kier molecular flexibility index (Phi) is 9.07. The van der Waals surface area contributed by atoms with Crippen molar-refractivity contribution >= 4 is 50.5 Å². The number of unbranched alkanes of at least 4 members (excludes halogenated alkanes) is 1. The number of ether oxygens (including phenoxy) is 2. The van der Waals surface area contributed by atoms with E-state index < -0.39 is 17.7 Å². The monoisotopic (exact) mass is 629 g/mol. The van der Waals surface area contributed by atoms with Gasteiger partial charge in [-0.3, -0.25) is 0 Å². The van der Waals surface area contributed by atoms with Crippen molar-refractivity contribution in [2.45, 2.75) is 65.7 Å². The zero-order valence-corrected chi connectivity index (χ0v) is 25.6. The lowest BCUT2D eigenvalue weighted by Gasteiger charge is -2.21. The molecule has 4 rings (SSSR count). The normalized spacial score (nSPS) is 11.7. The van der Waals surface area contributed by atoms with Crippen LogP contribution in [0.3, 0.4) is 0 Å². The predicted molar refractivity (Wildman–Crippen MR) is 159 cm³/mol. The minimum Gasteiger partial charge on any atom is -0.465 e. The lowest BCUT2D eigenvalue weighted by atomic mass is 10.0. The smallest absolute Gasteiger partial charge is 0.419 e.